The average molecular weight is 542 g/mol. The van der Waals surface area contributed by atoms with Crippen molar-refractivity contribution in [3.8, 4) is 5.75 Å². The second-order valence-electron chi connectivity index (χ2n) is 8.00. The number of aliphatic imine (C=N–C) groups is 1. The molecule has 0 aliphatic rings. The average Bonchev–Trinajstić information content (AvgIpc) is 2.68. The van der Waals surface area contributed by atoms with Gasteiger partial charge in [-0.15, -0.1) is 24.0 Å². The zero-order valence-electron chi connectivity index (χ0n) is 18.4. The van der Waals surface area contributed by atoms with Gasteiger partial charge in [0.2, 0.25) is 5.91 Å². The fourth-order valence-corrected chi connectivity index (χ4v) is 2.54. The molecule has 2 aromatic carbocycles. The van der Waals surface area contributed by atoms with E-state index in [9.17, 15) is 9.18 Å². The Labute approximate surface area is 200 Å². The first-order valence-electron chi connectivity index (χ1n) is 10.0. The molecular formula is C23H32FIN4O2. The first-order chi connectivity index (χ1) is 14.2. The minimum atomic E-state index is -0.783. The van der Waals surface area contributed by atoms with Gasteiger partial charge in [0.1, 0.15) is 11.6 Å². The maximum atomic E-state index is 13.8. The first-order valence-corrected chi connectivity index (χ1v) is 10.0. The van der Waals surface area contributed by atoms with Gasteiger partial charge in [-0.2, -0.15) is 0 Å². The van der Waals surface area contributed by atoms with E-state index in [4.69, 9.17) is 10.5 Å². The van der Waals surface area contributed by atoms with Crippen LogP contribution in [0.5, 0.6) is 5.75 Å². The Balaban J connectivity index is 0.00000480. The van der Waals surface area contributed by atoms with Gasteiger partial charge in [-0.3, -0.25) is 9.79 Å². The number of nitrogens with two attached hydrogens (primary N) is 1. The van der Waals surface area contributed by atoms with Crippen molar-refractivity contribution < 1.29 is 13.9 Å². The van der Waals surface area contributed by atoms with Crippen LogP contribution in [0.15, 0.2) is 53.5 Å². The monoisotopic (exact) mass is 542 g/mol. The third kappa shape index (κ3) is 9.12. The molecule has 0 atom stereocenters. The lowest BCUT2D eigenvalue weighted by atomic mass is 9.93. The molecule has 0 radical (unpaired) electrons. The highest BCUT2D eigenvalue weighted by molar-refractivity contribution is 14.0. The molecule has 0 unspecified atom stereocenters. The summed E-state index contributed by atoms with van der Waals surface area (Å²) in [4.78, 5) is 16.1. The molecule has 4 N–H and O–H groups in total. The summed E-state index contributed by atoms with van der Waals surface area (Å²) in [5, 5.41) is 6.40. The van der Waals surface area contributed by atoms with Crippen LogP contribution in [0, 0.1) is 11.2 Å². The summed E-state index contributed by atoms with van der Waals surface area (Å²) >= 11 is 0. The van der Waals surface area contributed by atoms with Crippen LogP contribution >= 0.6 is 24.0 Å². The number of amides is 1. The number of nitrogens with zero attached hydrogens (tertiary/aromatic N) is 1. The van der Waals surface area contributed by atoms with Crippen molar-refractivity contribution in [2.75, 3.05) is 18.4 Å². The molecule has 0 bridgehead atoms. The van der Waals surface area contributed by atoms with Crippen molar-refractivity contribution in [1.29, 1.82) is 0 Å². The normalized spacial score (nSPS) is 11.6. The van der Waals surface area contributed by atoms with E-state index in [1.165, 1.54) is 6.07 Å². The molecule has 8 heteroatoms. The minimum Gasteiger partial charge on any atom is -0.491 e. The number of rotatable bonds is 9. The van der Waals surface area contributed by atoms with Gasteiger partial charge in [0, 0.05) is 12.2 Å². The highest BCUT2D eigenvalue weighted by Gasteiger charge is 2.24. The Hall–Kier alpha value is -2.36. The largest absolute Gasteiger partial charge is 0.491 e. The van der Waals surface area contributed by atoms with E-state index < -0.39 is 11.3 Å². The number of anilines is 1. The molecule has 170 valence electrons. The van der Waals surface area contributed by atoms with Gasteiger partial charge in [0.25, 0.3) is 0 Å². The van der Waals surface area contributed by atoms with E-state index in [1.807, 2.05) is 44.2 Å². The molecule has 0 spiro atoms. The van der Waals surface area contributed by atoms with Crippen molar-refractivity contribution in [2.45, 2.75) is 40.2 Å². The molecule has 1 amide bonds. The van der Waals surface area contributed by atoms with Gasteiger partial charge in [-0.05, 0) is 70.0 Å². The zero-order valence-corrected chi connectivity index (χ0v) is 20.8. The van der Waals surface area contributed by atoms with Crippen molar-refractivity contribution in [3.63, 3.8) is 0 Å². The van der Waals surface area contributed by atoms with Crippen LogP contribution in [-0.2, 0) is 11.2 Å². The number of ether oxygens (including phenoxy) is 1. The molecule has 0 saturated heterocycles. The smallest absolute Gasteiger partial charge is 0.224 e. The number of primary amides is 1. The molecular weight excluding hydrogens is 510 g/mol. The quantitative estimate of drug-likeness (QED) is 0.250. The van der Waals surface area contributed by atoms with Crippen LogP contribution in [0.25, 0.3) is 0 Å². The van der Waals surface area contributed by atoms with Crippen LogP contribution in [0.3, 0.4) is 0 Å². The molecule has 0 saturated carbocycles. The molecule has 0 fully saturated rings. The minimum absolute atomic E-state index is 0. The predicted octanol–water partition coefficient (Wildman–Crippen LogP) is 4.34. The highest BCUT2D eigenvalue weighted by atomic mass is 127. The Morgan fingerprint density at radius 3 is 2.39 bits per heavy atom. The maximum absolute atomic E-state index is 13.8. The molecule has 0 aliphatic heterocycles. The van der Waals surface area contributed by atoms with E-state index in [1.54, 1.807) is 26.0 Å². The number of benzene rings is 2. The van der Waals surface area contributed by atoms with Gasteiger partial charge >= 0.3 is 0 Å². The van der Waals surface area contributed by atoms with Crippen molar-refractivity contribution in [2.24, 2.45) is 16.1 Å². The topological polar surface area (TPSA) is 88.7 Å². The number of carbonyl (C=O) groups is 1. The first kappa shape index (κ1) is 26.7. The van der Waals surface area contributed by atoms with Crippen LogP contribution in [-0.4, -0.2) is 31.1 Å². The van der Waals surface area contributed by atoms with Crippen molar-refractivity contribution in [1.82, 2.24) is 5.32 Å². The third-order valence-electron chi connectivity index (χ3n) is 4.43. The van der Waals surface area contributed by atoms with Crippen molar-refractivity contribution >= 4 is 41.5 Å². The molecule has 31 heavy (non-hydrogen) atoms. The SMILES string of the molecule is CC(C)Oc1ccc(NC(=NCC(C)(C)C(N)=O)NCCc2ccccc2F)cc1.I. The van der Waals surface area contributed by atoms with E-state index in [2.05, 4.69) is 15.6 Å². The van der Waals surface area contributed by atoms with Gasteiger partial charge in [-0.1, -0.05) is 18.2 Å². The lowest BCUT2D eigenvalue weighted by molar-refractivity contribution is -0.125. The molecule has 6 nitrogen and oxygen atoms in total. The number of hydrogen-bond acceptors (Lipinski definition) is 3. The number of carbonyl (C=O) groups excluding carboxylic acids is 1. The van der Waals surface area contributed by atoms with E-state index >= 15 is 0 Å². The zero-order chi connectivity index (χ0) is 22.1. The highest BCUT2D eigenvalue weighted by Crippen LogP contribution is 2.18. The fourth-order valence-electron chi connectivity index (χ4n) is 2.54. The lowest BCUT2D eigenvalue weighted by Gasteiger charge is -2.19. The standard InChI is InChI=1S/C23H31FN4O2.HI/c1-16(2)30-19-11-9-18(10-12-19)28-22(27-15-23(3,4)21(25)29)26-14-13-17-7-5-6-8-20(17)24;/h5-12,16H,13-15H2,1-4H3,(H2,25,29)(H2,26,27,28);1H. The summed E-state index contributed by atoms with van der Waals surface area (Å²) < 4.78 is 19.5. The van der Waals surface area contributed by atoms with E-state index in [-0.39, 0.29) is 42.4 Å². The number of guanidine groups is 1. The summed E-state index contributed by atoms with van der Waals surface area (Å²) in [6.45, 7) is 8.11. The molecule has 0 aromatic heterocycles. The van der Waals surface area contributed by atoms with Crippen LogP contribution in [0.4, 0.5) is 10.1 Å². The van der Waals surface area contributed by atoms with Gasteiger partial charge in [-0.25, -0.2) is 4.39 Å². The summed E-state index contributed by atoms with van der Waals surface area (Å²) in [5.74, 6) is 0.600. The van der Waals surface area contributed by atoms with E-state index in [0.717, 1.165) is 11.4 Å². The Bertz CT molecular complexity index is 870. The number of hydrogen-bond donors (Lipinski definition) is 3. The molecule has 0 aliphatic carbocycles. The summed E-state index contributed by atoms with van der Waals surface area (Å²) in [7, 11) is 0. The van der Waals surface area contributed by atoms with Crippen LogP contribution in [0.1, 0.15) is 33.3 Å². The molecule has 2 aromatic rings. The Morgan fingerprint density at radius 1 is 1.16 bits per heavy atom. The van der Waals surface area contributed by atoms with Crippen LogP contribution in [0.2, 0.25) is 0 Å². The third-order valence-corrected chi connectivity index (χ3v) is 4.43. The number of halogens is 2. The Kier molecular flexibility index (Phi) is 10.7. The van der Waals surface area contributed by atoms with E-state index in [0.29, 0.717) is 24.5 Å². The van der Waals surface area contributed by atoms with Crippen LogP contribution < -0.4 is 21.1 Å². The number of nitrogens with one attached hydrogen (secondary N) is 2. The van der Waals surface area contributed by atoms with Gasteiger partial charge in [0.15, 0.2) is 5.96 Å². The predicted molar refractivity (Wildman–Crippen MR) is 135 cm³/mol. The second-order valence-corrected chi connectivity index (χ2v) is 8.00. The van der Waals surface area contributed by atoms with Gasteiger partial charge < -0.3 is 21.1 Å². The van der Waals surface area contributed by atoms with Crippen molar-refractivity contribution in [3.05, 3.63) is 59.9 Å². The fraction of sp³-hybridized carbons (Fsp3) is 0.391. The second kappa shape index (κ2) is 12.5. The summed E-state index contributed by atoms with van der Waals surface area (Å²) in [5.41, 5.74) is 6.10. The maximum Gasteiger partial charge on any atom is 0.224 e. The summed E-state index contributed by atoms with van der Waals surface area (Å²) in [6.07, 6.45) is 0.588. The summed E-state index contributed by atoms with van der Waals surface area (Å²) in [6, 6.07) is 14.2. The van der Waals surface area contributed by atoms with Gasteiger partial charge in [0.05, 0.1) is 18.1 Å². The lowest BCUT2D eigenvalue weighted by Crippen LogP contribution is -2.37. The Morgan fingerprint density at radius 2 is 1.81 bits per heavy atom. The molecule has 2 rings (SSSR count). The molecule has 0 heterocycles.